The highest BCUT2D eigenvalue weighted by molar-refractivity contribution is 5.18. The highest BCUT2D eigenvalue weighted by atomic mass is 16.5. The fourth-order valence-electron chi connectivity index (χ4n) is 2.71. The van der Waals surface area contributed by atoms with Crippen molar-refractivity contribution in [3.63, 3.8) is 0 Å². The molecule has 88 valence electrons. The largest absolute Gasteiger partial charge is 0.378 e. The van der Waals surface area contributed by atoms with Gasteiger partial charge >= 0.3 is 0 Å². The second-order valence-electron chi connectivity index (χ2n) is 4.67. The Labute approximate surface area is 96.0 Å². The molecule has 16 heavy (non-hydrogen) atoms. The second-order valence-corrected chi connectivity index (χ2v) is 4.67. The van der Waals surface area contributed by atoms with Crippen LogP contribution in [0.4, 0.5) is 0 Å². The third kappa shape index (κ3) is 1.66. The van der Waals surface area contributed by atoms with Crippen molar-refractivity contribution in [2.24, 2.45) is 0 Å². The lowest BCUT2D eigenvalue weighted by Crippen LogP contribution is -2.35. The number of fused-ring (bicyclic) bond motifs is 1. The molecule has 0 radical (unpaired) electrons. The van der Waals surface area contributed by atoms with Crippen molar-refractivity contribution in [1.82, 2.24) is 14.9 Å². The van der Waals surface area contributed by atoms with Gasteiger partial charge in [-0.25, -0.2) is 4.98 Å². The van der Waals surface area contributed by atoms with Crippen molar-refractivity contribution in [1.29, 1.82) is 0 Å². The van der Waals surface area contributed by atoms with Crippen molar-refractivity contribution < 1.29 is 4.74 Å². The average molecular weight is 221 g/mol. The molecule has 0 amide bonds. The predicted molar refractivity (Wildman–Crippen MR) is 61.3 cm³/mol. The van der Waals surface area contributed by atoms with Gasteiger partial charge in [0, 0.05) is 37.9 Å². The van der Waals surface area contributed by atoms with Crippen LogP contribution in [0.15, 0.2) is 6.33 Å². The van der Waals surface area contributed by atoms with Crippen LogP contribution in [0.25, 0.3) is 0 Å². The average Bonchev–Trinajstić information content (AvgIpc) is 2.66. The quantitative estimate of drug-likeness (QED) is 0.835. The van der Waals surface area contributed by atoms with Crippen LogP contribution in [0, 0.1) is 0 Å². The summed E-state index contributed by atoms with van der Waals surface area (Å²) < 4.78 is 7.98. The van der Waals surface area contributed by atoms with E-state index in [2.05, 4.69) is 21.8 Å². The first-order chi connectivity index (χ1) is 7.88. The highest BCUT2D eigenvalue weighted by Gasteiger charge is 2.32. The zero-order valence-electron chi connectivity index (χ0n) is 9.78. The molecule has 0 spiro atoms. The topological polar surface area (TPSA) is 39.1 Å². The molecule has 1 aromatic heterocycles. The number of ether oxygens (including phenoxy) is 1. The Balaban J connectivity index is 1.69. The van der Waals surface area contributed by atoms with E-state index in [1.165, 1.54) is 11.4 Å². The summed E-state index contributed by atoms with van der Waals surface area (Å²) in [4.78, 5) is 4.49. The normalized spacial score (nSPS) is 28.6. The van der Waals surface area contributed by atoms with E-state index in [1.807, 2.05) is 6.33 Å². The standard InChI is InChI=1S/C12H19N3O/c1-2-16-10-5-9(6-10)15-8-14-11-7-13-4-3-12(11)15/h8-10,13H,2-7H2,1H3. The summed E-state index contributed by atoms with van der Waals surface area (Å²) in [6, 6.07) is 0.630. The Bertz CT molecular complexity index is 368. The highest BCUT2D eigenvalue weighted by Crippen LogP contribution is 2.36. The van der Waals surface area contributed by atoms with Gasteiger partial charge in [0.2, 0.25) is 0 Å². The summed E-state index contributed by atoms with van der Waals surface area (Å²) >= 11 is 0. The van der Waals surface area contributed by atoms with Gasteiger partial charge in [-0.05, 0) is 19.8 Å². The van der Waals surface area contributed by atoms with E-state index in [0.29, 0.717) is 12.1 Å². The van der Waals surface area contributed by atoms with Crippen LogP contribution < -0.4 is 5.32 Å². The van der Waals surface area contributed by atoms with Crippen LogP contribution in [-0.4, -0.2) is 28.8 Å². The summed E-state index contributed by atoms with van der Waals surface area (Å²) in [5.74, 6) is 0. The molecule has 2 heterocycles. The van der Waals surface area contributed by atoms with Gasteiger partial charge in [-0.2, -0.15) is 0 Å². The third-order valence-electron chi connectivity index (χ3n) is 3.68. The lowest BCUT2D eigenvalue weighted by atomic mass is 9.88. The summed E-state index contributed by atoms with van der Waals surface area (Å²) in [6.45, 7) is 4.92. The summed E-state index contributed by atoms with van der Waals surface area (Å²) in [5, 5.41) is 3.36. The number of hydrogen-bond acceptors (Lipinski definition) is 3. The van der Waals surface area contributed by atoms with Crippen LogP contribution in [0.5, 0.6) is 0 Å². The Morgan fingerprint density at radius 3 is 3.25 bits per heavy atom. The van der Waals surface area contributed by atoms with Crippen LogP contribution in [0.2, 0.25) is 0 Å². The van der Waals surface area contributed by atoms with Gasteiger partial charge in [-0.15, -0.1) is 0 Å². The third-order valence-corrected chi connectivity index (χ3v) is 3.68. The molecule has 4 heteroatoms. The van der Waals surface area contributed by atoms with Crippen molar-refractivity contribution in [2.75, 3.05) is 13.2 Å². The fraction of sp³-hybridized carbons (Fsp3) is 0.750. The molecule has 0 atom stereocenters. The summed E-state index contributed by atoms with van der Waals surface area (Å²) in [6.07, 6.45) is 5.93. The lowest BCUT2D eigenvalue weighted by molar-refractivity contribution is -0.0203. The molecule has 0 unspecified atom stereocenters. The molecule has 0 aromatic carbocycles. The minimum atomic E-state index is 0.481. The van der Waals surface area contributed by atoms with Crippen molar-refractivity contribution in [3.05, 3.63) is 17.7 Å². The van der Waals surface area contributed by atoms with E-state index in [9.17, 15) is 0 Å². The van der Waals surface area contributed by atoms with Crippen LogP contribution >= 0.6 is 0 Å². The number of aromatic nitrogens is 2. The Hall–Kier alpha value is -0.870. The van der Waals surface area contributed by atoms with E-state index in [0.717, 1.165) is 39.0 Å². The molecule has 4 nitrogen and oxygen atoms in total. The first-order valence-corrected chi connectivity index (χ1v) is 6.25. The molecule has 0 saturated heterocycles. The molecule has 1 aromatic rings. The van der Waals surface area contributed by atoms with E-state index in [4.69, 9.17) is 4.74 Å². The Kier molecular flexibility index (Phi) is 2.69. The summed E-state index contributed by atoms with van der Waals surface area (Å²) in [7, 11) is 0. The van der Waals surface area contributed by atoms with E-state index in [1.54, 1.807) is 0 Å². The van der Waals surface area contributed by atoms with Gasteiger partial charge in [0.15, 0.2) is 0 Å². The van der Waals surface area contributed by atoms with Crippen molar-refractivity contribution in [3.8, 4) is 0 Å². The zero-order valence-corrected chi connectivity index (χ0v) is 9.78. The maximum atomic E-state index is 5.60. The lowest BCUT2D eigenvalue weighted by Gasteiger charge is -2.37. The van der Waals surface area contributed by atoms with Crippen LogP contribution in [0.1, 0.15) is 37.2 Å². The zero-order chi connectivity index (χ0) is 11.0. The molecule has 1 aliphatic heterocycles. The monoisotopic (exact) mass is 221 g/mol. The molecule has 0 bridgehead atoms. The van der Waals surface area contributed by atoms with E-state index in [-0.39, 0.29) is 0 Å². The number of hydrogen-bond donors (Lipinski definition) is 1. The van der Waals surface area contributed by atoms with Gasteiger partial charge in [0.1, 0.15) is 0 Å². The van der Waals surface area contributed by atoms with Crippen LogP contribution in [0.3, 0.4) is 0 Å². The number of nitrogens with zero attached hydrogens (tertiary/aromatic N) is 2. The smallest absolute Gasteiger partial charge is 0.0954 e. The molecular formula is C12H19N3O. The van der Waals surface area contributed by atoms with Gasteiger partial charge in [-0.1, -0.05) is 0 Å². The van der Waals surface area contributed by atoms with Crippen LogP contribution in [-0.2, 0) is 17.7 Å². The molecule has 1 N–H and O–H groups in total. The number of nitrogens with one attached hydrogen (secondary N) is 1. The molecule has 1 saturated carbocycles. The molecule has 1 fully saturated rings. The molecule has 1 aliphatic carbocycles. The van der Waals surface area contributed by atoms with Crippen molar-refractivity contribution in [2.45, 2.75) is 44.9 Å². The minimum Gasteiger partial charge on any atom is -0.378 e. The second kappa shape index (κ2) is 4.18. The van der Waals surface area contributed by atoms with Gasteiger partial charge in [-0.3, -0.25) is 0 Å². The van der Waals surface area contributed by atoms with Crippen molar-refractivity contribution >= 4 is 0 Å². The predicted octanol–water partition coefficient (Wildman–Crippen LogP) is 1.27. The fourth-order valence-corrected chi connectivity index (χ4v) is 2.71. The SMILES string of the molecule is CCOC1CC(n2cnc3c2CCNC3)C1. The van der Waals surface area contributed by atoms with Gasteiger partial charge in [0.25, 0.3) is 0 Å². The maximum Gasteiger partial charge on any atom is 0.0954 e. The van der Waals surface area contributed by atoms with E-state index >= 15 is 0 Å². The first kappa shape index (κ1) is 10.3. The summed E-state index contributed by atoms with van der Waals surface area (Å²) in [5.41, 5.74) is 2.69. The Morgan fingerprint density at radius 1 is 1.56 bits per heavy atom. The van der Waals surface area contributed by atoms with E-state index < -0.39 is 0 Å². The number of rotatable bonds is 3. The molecule has 2 aliphatic rings. The number of imidazole rings is 1. The minimum absolute atomic E-state index is 0.481. The molecule has 3 rings (SSSR count). The molecular weight excluding hydrogens is 202 g/mol. The van der Waals surface area contributed by atoms with Gasteiger partial charge < -0.3 is 14.6 Å². The Morgan fingerprint density at radius 2 is 2.44 bits per heavy atom. The van der Waals surface area contributed by atoms with Gasteiger partial charge in [0.05, 0.1) is 18.1 Å². The first-order valence-electron chi connectivity index (χ1n) is 6.25. The maximum absolute atomic E-state index is 5.60.